The molecule has 0 saturated carbocycles. The van der Waals surface area contributed by atoms with E-state index in [4.69, 9.17) is 0 Å². The molecular weight excluding hydrogens is 470 g/mol. The van der Waals surface area contributed by atoms with Crippen LogP contribution in [-0.4, -0.2) is 16.8 Å². The number of nitrogens with zero attached hydrogens (tertiary/aromatic N) is 1. The second kappa shape index (κ2) is 9.25. The summed E-state index contributed by atoms with van der Waals surface area (Å²) in [6, 6.07) is 44.8. The molecule has 0 spiro atoms. The van der Waals surface area contributed by atoms with Gasteiger partial charge in [0.15, 0.2) is 0 Å². The van der Waals surface area contributed by atoms with Crippen molar-refractivity contribution < 1.29 is 14.7 Å². The fourth-order valence-electron chi connectivity index (χ4n) is 5.64. The van der Waals surface area contributed by atoms with Crippen molar-refractivity contribution in [3.8, 4) is 0 Å². The van der Waals surface area contributed by atoms with E-state index in [-0.39, 0.29) is 11.1 Å². The molecule has 0 saturated heterocycles. The second-order valence-corrected chi connectivity index (χ2v) is 9.37. The van der Waals surface area contributed by atoms with Gasteiger partial charge in [-0.05, 0) is 22.8 Å². The number of anilines is 1. The topological polar surface area (TPSA) is 57.6 Å². The molecule has 0 unspecified atom stereocenters. The lowest BCUT2D eigenvalue weighted by molar-refractivity contribution is -0.132. The fraction of sp³-hybridized carbons (Fsp3) is 0.0588. The standard InChI is InChI=1S/C34H25NO3/c36-31(25-15-5-1-6-16-25)34(38)29-23-13-14-24-30(29)35(32(34)37)33(26-17-7-2-8-18-26,27-19-9-3-10-20-27)28-21-11-4-12-22-28/h1-24,38H/t34-/m1/s1. The van der Waals surface area contributed by atoms with E-state index in [1.54, 1.807) is 53.4 Å². The minimum atomic E-state index is -2.39. The van der Waals surface area contributed by atoms with Crippen molar-refractivity contribution in [2.24, 2.45) is 0 Å². The van der Waals surface area contributed by atoms with E-state index < -0.39 is 22.8 Å². The van der Waals surface area contributed by atoms with Crippen LogP contribution >= 0.6 is 0 Å². The molecule has 0 aromatic heterocycles. The maximum atomic E-state index is 14.7. The molecule has 184 valence electrons. The highest BCUT2D eigenvalue weighted by atomic mass is 16.3. The minimum absolute atomic E-state index is 0.268. The number of fused-ring (bicyclic) bond motifs is 1. The summed E-state index contributed by atoms with van der Waals surface area (Å²) < 4.78 is 0. The number of rotatable bonds is 6. The van der Waals surface area contributed by atoms with Crippen LogP contribution < -0.4 is 4.90 Å². The van der Waals surface area contributed by atoms with Crippen LogP contribution in [0.25, 0.3) is 0 Å². The summed E-state index contributed by atoms with van der Waals surface area (Å²) >= 11 is 0. The molecule has 0 bridgehead atoms. The Balaban J connectivity index is 1.70. The molecule has 0 aliphatic carbocycles. The first-order valence-electron chi connectivity index (χ1n) is 12.5. The van der Waals surface area contributed by atoms with Crippen molar-refractivity contribution in [1.29, 1.82) is 0 Å². The molecule has 1 atom stereocenters. The summed E-state index contributed by atoms with van der Waals surface area (Å²) in [5.41, 5.74) is -0.0394. The van der Waals surface area contributed by atoms with Gasteiger partial charge in [0.1, 0.15) is 5.54 Å². The summed E-state index contributed by atoms with van der Waals surface area (Å²) in [6.45, 7) is 0. The van der Waals surface area contributed by atoms with E-state index >= 15 is 0 Å². The molecule has 1 aliphatic rings. The molecule has 4 heteroatoms. The number of hydrogen-bond donors (Lipinski definition) is 1. The Morgan fingerprint density at radius 1 is 0.579 bits per heavy atom. The van der Waals surface area contributed by atoms with Crippen LogP contribution in [0.5, 0.6) is 0 Å². The van der Waals surface area contributed by atoms with Crippen LogP contribution in [0.3, 0.4) is 0 Å². The van der Waals surface area contributed by atoms with E-state index in [2.05, 4.69) is 0 Å². The Hall–Kier alpha value is -4.80. The highest BCUT2D eigenvalue weighted by Crippen LogP contribution is 2.52. The monoisotopic (exact) mass is 495 g/mol. The smallest absolute Gasteiger partial charge is 0.273 e. The van der Waals surface area contributed by atoms with Gasteiger partial charge in [0.05, 0.1) is 5.69 Å². The lowest BCUT2D eigenvalue weighted by Gasteiger charge is -2.44. The first-order valence-corrected chi connectivity index (χ1v) is 12.5. The predicted molar refractivity (Wildman–Crippen MR) is 148 cm³/mol. The largest absolute Gasteiger partial charge is 0.369 e. The number of amides is 1. The number of benzene rings is 5. The Morgan fingerprint density at radius 3 is 1.45 bits per heavy atom. The third-order valence-electron chi connectivity index (χ3n) is 7.32. The molecule has 1 amide bonds. The number of carbonyl (C=O) groups excluding carboxylic acids is 2. The van der Waals surface area contributed by atoms with Crippen LogP contribution in [0.15, 0.2) is 146 Å². The van der Waals surface area contributed by atoms with E-state index in [1.165, 1.54) is 0 Å². The highest BCUT2D eigenvalue weighted by Gasteiger charge is 2.61. The summed E-state index contributed by atoms with van der Waals surface area (Å²) in [7, 11) is 0. The zero-order chi connectivity index (χ0) is 26.2. The van der Waals surface area contributed by atoms with Gasteiger partial charge in [-0.25, -0.2) is 0 Å². The quantitative estimate of drug-likeness (QED) is 0.176. The lowest BCUT2D eigenvalue weighted by Crippen LogP contribution is -2.55. The summed E-state index contributed by atoms with van der Waals surface area (Å²) in [4.78, 5) is 30.3. The van der Waals surface area contributed by atoms with Gasteiger partial charge in [-0.2, -0.15) is 0 Å². The van der Waals surface area contributed by atoms with Gasteiger partial charge < -0.3 is 5.11 Å². The Kier molecular flexibility index (Phi) is 5.74. The van der Waals surface area contributed by atoms with E-state index in [0.717, 1.165) is 16.7 Å². The predicted octanol–water partition coefficient (Wildman–Crippen LogP) is 6.10. The van der Waals surface area contributed by atoms with Crippen molar-refractivity contribution in [1.82, 2.24) is 0 Å². The molecule has 6 rings (SSSR count). The van der Waals surface area contributed by atoms with E-state index in [0.29, 0.717) is 5.69 Å². The second-order valence-electron chi connectivity index (χ2n) is 9.37. The zero-order valence-corrected chi connectivity index (χ0v) is 20.6. The van der Waals surface area contributed by atoms with Gasteiger partial charge in [-0.15, -0.1) is 0 Å². The molecule has 1 aliphatic heterocycles. The summed E-state index contributed by atoms with van der Waals surface area (Å²) in [6.07, 6.45) is 0. The molecule has 38 heavy (non-hydrogen) atoms. The molecular formula is C34H25NO3. The van der Waals surface area contributed by atoms with E-state index in [9.17, 15) is 14.7 Å². The van der Waals surface area contributed by atoms with Gasteiger partial charge in [0.2, 0.25) is 11.4 Å². The number of carbonyl (C=O) groups is 2. The third kappa shape index (κ3) is 3.35. The molecule has 0 fully saturated rings. The average molecular weight is 496 g/mol. The van der Waals surface area contributed by atoms with E-state index in [1.807, 2.05) is 97.1 Å². The average Bonchev–Trinajstić information content (AvgIpc) is 3.23. The Bertz CT molecular complexity index is 1500. The fourth-order valence-corrected chi connectivity index (χ4v) is 5.64. The normalized spacial score (nSPS) is 16.8. The van der Waals surface area contributed by atoms with Gasteiger partial charge in [0, 0.05) is 11.1 Å². The van der Waals surface area contributed by atoms with Crippen LogP contribution in [0.1, 0.15) is 32.6 Å². The van der Waals surface area contributed by atoms with Crippen molar-refractivity contribution in [2.75, 3.05) is 4.90 Å². The first-order chi connectivity index (χ1) is 18.6. The van der Waals surface area contributed by atoms with Crippen LogP contribution in [0.4, 0.5) is 5.69 Å². The number of hydrogen-bond acceptors (Lipinski definition) is 3. The molecule has 1 heterocycles. The van der Waals surface area contributed by atoms with Gasteiger partial charge in [-0.1, -0.05) is 140 Å². The molecule has 4 nitrogen and oxygen atoms in total. The number of ketones is 1. The summed E-state index contributed by atoms with van der Waals surface area (Å²) in [5, 5.41) is 12.2. The van der Waals surface area contributed by atoms with Crippen molar-refractivity contribution in [3.05, 3.63) is 173 Å². The Morgan fingerprint density at radius 2 is 0.974 bits per heavy atom. The highest BCUT2D eigenvalue weighted by molar-refractivity contribution is 6.25. The number of aliphatic hydroxyl groups is 1. The summed E-state index contributed by atoms with van der Waals surface area (Å²) in [5.74, 6) is -1.34. The zero-order valence-electron chi connectivity index (χ0n) is 20.6. The lowest BCUT2D eigenvalue weighted by atomic mass is 9.75. The third-order valence-corrected chi connectivity index (χ3v) is 7.32. The SMILES string of the molecule is O=C(c1ccccc1)[C@@]1(O)C(=O)N(C(c2ccccc2)(c2ccccc2)c2ccccc2)c2ccccc21. The van der Waals surface area contributed by atoms with Crippen LogP contribution in [0, 0.1) is 0 Å². The van der Waals surface area contributed by atoms with Crippen molar-refractivity contribution in [2.45, 2.75) is 11.1 Å². The van der Waals surface area contributed by atoms with Gasteiger partial charge >= 0.3 is 0 Å². The molecule has 5 aromatic carbocycles. The Labute approximate surface area is 221 Å². The maximum Gasteiger partial charge on any atom is 0.273 e. The van der Waals surface area contributed by atoms with Crippen molar-refractivity contribution in [3.63, 3.8) is 0 Å². The minimum Gasteiger partial charge on any atom is -0.369 e. The number of Topliss-reactive ketones (excluding diaryl/α,β-unsaturated/α-hetero) is 1. The molecule has 1 N–H and O–H groups in total. The molecule has 5 aromatic rings. The first kappa shape index (κ1) is 23.6. The van der Waals surface area contributed by atoms with Crippen molar-refractivity contribution >= 4 is 17.4 Å². The maximum absolute atomic E-state index is 14.7. The van der Waals surface area contributed by atoms with Crippen LogP contribution in [-0.2, 0) is 15.9 Å². The molecule has 0 radical (unpaired) electrons. The van der Waals surface area contributed by atoms with Gasteiger partial charge in [0.25, 0.3) is 5.91 Å². The van der Waals surface area contributed by atoms with Crippen LogP contribution in [0.2, 0.25) is 0 Å². The number of para-hydroxylation sites is 1. The van der Waals surface area contributed by atoms with Gasteiger partial charge in [-0.3, -0.25) is 14.5 Å².